The van der Waals surface area contributed by atoms with Crippen LogP contribution in [-0.2, 0) is 4.79 Å². The van der Waals surface area contributed by atoms with E-state index in [0.717, 1.165) is 11.3 Å². The van der Waals surface area contributed by atoms with Crippen LogP contribution in [0.3, 0.4) is 0 Å². The van der Waals surface area contributed by atoms with Crippen molar-refractivity contribution in [3.8, 4) is 11.5 Å². The monoisotopic (exact) mass is 347 g/mol. The van der Waals surface area contributed by atoms with Gasteiger partial charge in [-0.15, -0.1) is 0 Å². The smallest absolute Gasteiger partial charge is 0.261 e. The molecule has 0 aliphatic rings. The normalized spacial score (nSPS) is 13.0. The second kappa shape index (κ2) is 8.60. The Morgan fingerprint density at radius 2 is 1.88 bits per heavy atom. The van der Waals surface area contributed by atoms with Gasteiger partial charge >= 0.3 is 0 Å². The van der Waals surface area contributed by atoms with Gasteiger partial charge in [0.05, 0.1) is 13.2 Å². The van der Waals surface area contributed by atoms with Crippen LogP contribution >= 0.6 is 11.6 Å². The Bertz CT molecular complexity index is 673. The molecule has 2 rings (SSSR count). The zero-order chi connectivity index (χ0) is 17.5. The maximum Gasteiger partial charge on any atom is 0.261 e. The minimum atomic E-state index is -0.566. The standard InChI is InChI=1S/C19H22ClNO3/c1-4-18(24-17-7-5-6-15(20)12-17)19(22)21-13(2)14-8-10-16(23-3)11-9-14/h5-13,18H,4H2,1-3H3,(H,21,22)/t13-,18-/m0/s1. The molecular formula is C19H22ClNO3. The van der Waals surface area contributed by atoms with Gasteiger partial charge in [0.15, 0.2) is 6.10 Å². The number of halogens is 1. The van der Waals surface area contributed by atoms with Crippen LogP contribution in [0.2, 0.25) is 5.02 Å². The summed E-state index contributed by atoms with van der Waals surface area (Å²) in [4.78, 5) is 12.5. The molecule has 0 saturated heterocycles. The molecule has 128 valence electrons. The summed E-state index contributed by atoms with van der Waals surface area (Å²) in [5.74, 6) is 1.22. The Morgan fingerprint density at radius 3 is 2.46 bits per heavy atom. The fraction of sp³-hybridized carbons (Fsp3) is 0.316. The second-order valence-electron chi connectivity index (χ2n) is 5.48. The summed E-state index contributed by atoms with van der Waals surface area (Å²) in [6.45, 7) is 3.85. The molecule has 0 fully saturated rings. The highest BCUT2D eigenvalue weighted by Crippen LogP contribution is 2.20. The predicted molar refractivity (Wildman–Crippen MR) is 95.7 cm³/mol. The fourth-order valence-corrected chi connectivity index (χ4v) is 2.49. The number of benzene rings is 2. The van der Waals surface area contributed by atoms with Crippen molar-refractivity contribution in [3.63, 3.8) is 0 Å². The van der Waals surface area contributed by atoms with Gasteiger partial charge in [-0.1, -0.05) is 36.7 Å². The van der Waals surface area contributed by atoms with E-state index in [1.54, 1.807) is 31.4 Å². The van der Waals surface area contributed by atoms with Crippen LogP contribution < -0.4 is 14.8 Å². The number of carbonyl (C=O) groups is 1. The molecular weight excluding hydrogens is 326 g/mol. The molecule has 0 aromatic heterocycles. The van der Waals surface area contributed by atoms with E-state index in [1.165, 1.54) is 0 Å². The van der Waals surface area contributed by atoms with Crippen LogP contribution in [-0.4, -0.2) is 19.1 Å². The molecule has 0 aliphatic heterocycles. The Hall–Kier alpha value is -2.20. The van der Waals surface area contributed by atoms with Gasteiger partial charge in [-0.05, 0) is 49.2 Å². The molecule has 24 heavy (non-hydrogen) atoms. The van der Waals surface area contributed by atoms with Crippen LogP contribution in [0.25, 0.3) is 0 Å². The maximum absolute atomic E-state index is 12.5. The van der Waals surface area contributed by atoms with Crippen molar-refractivity contribution in [1.29, 1.82) is 0 Å². The van der Waals surface area contributed by atoms with E-state index in [1.807, 2.05) is 38.1 Å². The lowest BCUT2D eigenvalue weighted by Crippen LogP contribution is -2.39. The van der Waals surface area contributed by atoms with Crippen molar-refractivity contribution in [2.75, 3.05) is 7.11 Å². The van der Waals surface area contributed by atoms with Crippen LogP contribution in [0.1, 0.15) is 31.9 Å². The fourth-order valence-electron chi connectivity index (χ4n) is 2.31. The van der Waals surface area contributed by atoms with Gasteiger partial charge in [-0.25, -0.2) is 0 Å². The van der Waals surface area contributed by atoms with Crippen molar-refractivity contribution in [3.05, 3.63) is 59.1 Å². The van der Waals surface area contributed by atoms with Crippen molar-refractivity contribution in [2.24, 2.45) is 0 Å². The highest BCUT2D eigenvalue weighted by Gasteiger charge is 2.20. The molecule has 0 radical (unpaired) electrons. The van der Waals surface area contributed by atoms with Gasteiger partial charge in [0.1, 0.15) is 11.5 Å². The average Bonchev–Trinajstić information content (AvgIpc) is 2.59. The van der Waals surface area contributed by atoms with E-state index in [4.69, 9.17) is 21.1 Å². The average molecular weight is 348 g/mol. The zero-order valence-electron chi connectivity index (χ0n) is 14.1. The highest BCUT2D eigenvalue weighted by atomic mass is 35.5. The SMILES string of the molecule is CC[C@H](Oc1cccc(Cl)c1)C(=O)N[C@@H](C)c1ccc(OC)cc1. The van der Waals surface area contributed by atoms with Crippen molar-refractivity contribution in [2.45, 2.75) is 32.4 Å². The van der Waals surface area contributed by atoms with Gasteiger partial charge in [0.25, 0.3) is 5.91 Å². The summed E-state index contributed by atoms with van der Waals surface area (Å²) in [5.41, 5.74) is 1.00. The number of rotatable bonds is 7. The topological polar surface area (TPSA) is 47.6 Å². The Balaban J connectivity index is 1.99. The first kappa shape index (κ1) is 18.1. The Labute approximate surface area is 147 Å². The first-order chi connectivity index (χ1) is 11.5. The van der Waals surface area contributed by atoms with Gasteiger partial charge in [0.2, 0.25) is 0 Å². The van der Waals surface area contributed by atoms with E-state index in [0.29, 0.717) is 17.2 Å². The van der Waals surface area contributed by atoms with Gasteiger partial charge in [-0.2, -0.15) is 0 Å². The van der Waals surface area contributed by atoms with Crippen LogP contribution in [0.4, 0.5) is 0 Å². The molecule has 2 aromatic rings. The molecule has 2 aromatic carbocycles. The minimum Gasteiger partial charge on any atom is -0.497 e. The Morgan fingerprint density at radius 1 is 1.17 bits per heavy atom. The predicted octanol–water partition coefficient (Wildman–Crippen LogP) is 4.38. The molecule has 0 saturated carbocycles. The third-order valence-electron chi connectivity index (χ3n) is 3.71. The summed E-state index contributed by atoms with van der Waals surface area (Å²) >= 11 is 5.95. The van der Waals surface area contributed by atoms with Crippen molar-refractivity contribution < 1.29 is 14.3 Å². The lowest BCUT2D eigenvalue weighted by molar-refractivity contribution is -0.128. The number of amides is 1. The largest absolute Gasteiger partial charge is 0.497 e. The van der Waals surface area contributed by atoms with Crippen molar-refractivity contribution in [1.82, 2.24) is 5.32 Å². The van der Waals surface area contributed by atoms with Crippen LogP contribution in [0, 0.1) is 0 Å². The summed E-state index contributed by atoms with van der Waals surface area (Å²) < 4.78 is 10.9. The molecule has 0 aliphatic carbocycles. The Kier molecular flexibility index (Phi) is 6.50. The molecule has 1 amide bonds. The molecule has 0 spiro atoms. The summed E-state index contributed by atoms with van der Waals surface area (Å²) in [7, 11) is 1.62. The maximum atomic E-state index is 12.5. The molecule has 0 bridgehead atoms. The van der Waals surface area contributed by atoms with E-state index in [9.17, 15) is 4.79 Å². The van der Waals surface area contributed by atoms with E-state index < -0.39 is 6.10 Å². The second-order valence-corrected chi connectivity index (χ2v) is 5.91. The zero-order valence-corrected chi connectivity index (χ0v) is 14.8. The number of hydrogen-bond donors (Lipinski definition) is 1. The molecule has 5 heteroatoms. The van der Waals surface area contributed by atoms with E-state index in [2.05, 4.69) is 5.32 Å². The van der Waals surface area contributed by atoms with Gasteiger partial charge in [-0.3, -0.25) is 4.79 Å². The first-order valence-corrected chi connectivity index (χ1v) is 8.27. The lowest BCUT2D eigenvalue weighted by atomic mass is 10.1. The van der Waals surface area contributed by atoms with E-state index in [-0.39, 0.29) is 11.9 Å². The number of methoxy groups -OCH3 is 1. The molecule has 0 unspecified atom stereocenters. The number of nitrogens with one attached hydrogen (secondary N) is 1. The number of ether oxygens (including phenoxy) is 2. The highest BCUT2D eigenvalue weighted by molar-refractivity contribution is 6.30. The third-order valence-corrected chi connectivity index (χ3v) is 3.95. The van der Waals surface area contributed by atoms with Crippen LogP contribution in [0.5, 0.6) is 11.5 Å². The quantitative estimate of drug-likeness (QED) is 0.808. The lowest BCUT2D eigenvalue weighted by Gasteiger charge is -2.21. The summed E-state index contributed by atoms with van der Waals surface area (Å²) in [6, 6.07) is 14.5. The minimum absolute atomic E-state index is 0.125. The molecule has 2 atom stereocenters. The van der Waals surface area contributed by atoms with Gasteiger partial charge < -0.3 is 14.8 Å². The molecule has 1 N–H and O–H groups in total. The summed E-state index contributed by atoms with van der Waals surface area (Å²) in [6.07, 6.45) is -0.00241. The molecule has 0 heterocycles. The summed E-state index contributed by atoms with van der Waals surface area (Å²) in [5, 5.41) is 3.56. The molecule has 4 nitrogen and oxygen atoms in total. The van der Waals surface area contributed by atoms with Crippen molar-refractivity contribution >= 4 is 17.5 Å². The van der Waals surface area contributed by atoms with Crippen LogP contribution in [0.15, 0.2) is 48.5 Å². The number of carbonyl (C=O) groups excluding carboxylic acids is 1. The van der Waals surface area contributed by atoms with E-state index >= 15 is 0 Å². The first-order valence-electron chi connectivity index (χ1n) is 7.90. The third kappa shape index (κ3) is 4.90. The number of hydrogen-bond acceptors (Lipinski definition) is 3. The van der Waals surface area contributed by atoms with Gasteiger partial charge in [0, 0.05) is 5.02 Å².